The molecule has 0 aliphatic rings. The molecule has 3 N–H and O–H groups in total. The maximum atomic E-state index is 11.4. The molecular formula is C15H11ClO6. The van der Waals surface area contributed by atoms with Gasteiger partial charge < -0.3 is 15.3 Å². The van der Waals surface area contributed by atoms with E-state index in [1.165, 1.54) is 6.07 Å². The Morgan fingerprint density at radius 2 is 1.23 bits per heavy atom. The van der Waals surface area contributed by atoms with Crippen LogP contribution in [-0.4, -0.2) is 33.2 Å². The number of carboxylic acids is 3. The SMILES string of the molecule is Cl.O=C(O)c1ccc(-c2ccccc2)c(C(=O)O)c1C(=O)O. The van der Waals surface area contributed by atoms with Crippen molar-refractivity contribution >= 4 is 30.3 Å². The zero-order chi connectivity index (χ0) is 15.6. The Balaban J connectivity index is 0.00000242. The van der Waals surface area contributed by atoms with Gasteiger partial charge in [0.25, 0.3) is 0 Å². The molecule has 0 heterocycles. The molecule has 0 atom stereocenters. The highest BCUT2D eigenvalue weighted by Gasteiger charge is 2.27. The summed E-state index contributed by atoms with van der Waals surface area (Å²) in [4.78, 5) is 33.8. The molecule has 0 spiro atoms. The van der Waals surface area contributed by atoms with Crippen molar-refractivity contribution in [1.82, 2.24) is 0 Å². The van der Waals surface area contributed by atoms with Crippen LogP contribution in [0.2, 0.25) is 0 Å². The zero-order valence-electron chi connectivity index (χ0n) is 11.0. The molecule has 0 fully saturated rings. The molecule has 6 nitrogen and oxygen atoms in total. The Kier molecular flexibility index (Phi) is 5.26. The van der Waals surface area contributed by atoms with Gasteiger partial charge in [-0.15, -0.1) is 12.4 Å². The molecule has 2 aromatic carbocycles. The summed E-state index contributed by atoms with van der Waals surface area (Å²) in [5.74, 6) is -4.58. The van der Waals surface area contributed by atoms with Crippen LogP contribution in [-0.2, 0) is 0 Å². The van der Waals surface area contributed by atoms with E-state index in [0.29, 0.717) is 5.56 Å². The molecule has 7 heteroatoms. The zero-order valence-corrected chi connectivity index (χ0v) is 11.8. The molecule has 2 aromatic rings. The number of benzene rings is 2. The van der Waals surface area contributed by atoms with E-state index >= 15 is 0 Å². The van der Waals surface area contributed by atoms with E-state index in [1.54, 1.807) is 30.3 Å². The molecule has 0 aliphatic carbocycles. The minimum atomic E-state index is -1.59. The highest BCUT2D eigenvalue weighted by Crippen LogP contribution is 2.29. The first-order valence-corrected chi connectivity index (χ1v) is 5.85. The average Bonchev–Trinajstić information content (AvgIpc) is 2.46. The summed E-state index contributed by atoms with van der Waals surface area (Å²) in [6.45, 7) is 0. The van der Waals surface area contributed by atoms with Gasteiger partial charge in [0.15, 0.2) is 0 Å². The van der Waals surface area contributed by atoms with Crippen LogP contribution >= 0.6 is 12.4 Å². The van der Waals surface area contributed by atoms with Crippen LogP contribution in [0.25, 0.3) is 11.1 Å². The molecule has 22 heavy (non-hydrogen) atoms. The molecule has 0 aliphatic heterocycles. The van der Waals surface area contributed by atoms with Crippen LogP contribution in [0.4, 0.5) is 0 Å². The van der Waals surface area contributed by atoms with E-state index in [2.05, 4.69) is 0 Å². The standard InChI is InChI=1S/C15H10O6.ClH/c16-13(17)10-7-6-9(8-4-2-1-3-5-8)11(14(18)19)12(10)15(20)21;/h1-7H,(H,16,17)(H,18,19)(H,20,21);1H. The van der Waals surface area contributed by atoms with Crippen molar-refractivity contribution in [1.29, 1.82) is 0 Å². The first kappa shape index (κ1) is 17.2. The summed E-state index contributed by atoms with van der Waals surface area (Å²) < 4.78 is 0. The summed E-state index contributed by atoms with van der Waals surface area (Å²) in [7, 11) is 0. The fraction of sp³-hybridized carbons (Fsp3) is 0. The Bertz CT molecular complexity index is 739. The van der Waals surface area contributed by atoms with Crippen molar-refractivity contribution in [2.24, 2.45) is 0 Å². The summed E-state index contributed by atoms with van der Waals surface area (Å²) >= 11 is 0. The van der Waals surface area contributed by atoms with Crippen molar-refractivity contribution in [2.45, 2.75) is 0 Å². The summed E-state index contributed by atoms with van der Waals surface area (Å²) in [5, 5.41) is 27.5. The van der Waals surface area contributed by atoms with Gasteiger partial charge in [-0.05, 0) is 17.2 Å². The van der Waals surface area contributed by atoms with E-state index < -0.39 is 34.6 Å². The quantitative estimate of drug-likeness (QED) is 0.798. The number of rotatable bonds is 4. The summed E-state index contributed by atoms with van der Waals surface area (Å²) in [6.07, 6.45) is 0. The van der Waals surface area contributed by atoms with Crippen LogP contribution in [0.5, 0.6) is 0 Å². The fourth-order valence-corrected chi connectivity index (χ4v) is 2.08. The van der Waals surface area contributed by atoms with Crippen LogP contribution in [0.1, 0.15) is 31.1 Å². The lowest BCUT2D eigenvalue weighted by Gasteiger charge is -2.11. The second-order valence-electron chi connectivity index (χ2n) is 4.19. The predicted molar refractivity (Wildman–Crippen MR) is 80.0 cm³/mol. The largest absolute Gasteiger partial charge is 0.478 e. The molecule has 0 radical (unpaired) electrons. The van der Waals surface area contributed by atoms with Crippen molar-refractivity contribution in [3.63, 3.8) is 0 Å². The van der Waals surface area contributed by atoms with Crippen molar-refractivity contribution in [3.05, 3.63) is 59.2 Å². The molecule has 0 saturated heterocycles. The second kappa shape index (κ2) is 6.73. The Labute approximate surface area is 131 Å². The van der Waals surface area contributed by atoms with Gasteiger partial charge in [0.2, 0.25) is 0 Å². The molecule has 0 saturated carbocycles. The van der Waals surface area contributed by atoms with Crippen molar-refractivity contribution in [3.8, 4) is 11.1 Å². The summed E-state index contributed by atoms with van der Waals surface area (Å²) in [6, 6.07) is 10.7. The molecule has 0 amide bonds. The second-order valence-corrected chi connectivity index (χ2v) is 4.19. The molecule has 0 bridgehead atoms. The van der Waals surface area contributed by atoms with Gasteiger partial charge in [0.1, 0.15) is 0 Å². The number of aromatic carboxylic acids is 3. The van der Waals surface area contributed by atoms with E-state index in [-0.39, 0.29) is 18.0 Å². The predicted octanol–water partition coefficient (Wildman–Crippen LogP) is 2.87. The highest BCUT2D eigenvalue weighted by molar-refractivity contribution is 6.12. The third-order valence-electron chi connectivity index (χ3n) is 2.95. The van der Waals surface area contributed by atoms with Crippen LogP contribution < -0.4 is 0 Å². The van der Waals surface area contributed by atoms with Gasteiger partial charge in [-0.3, -0.25) is 0 Å². The molecular weight excluding hydrogens is 312 g/mol. The summed E-state index contributed by atoms with van der Waals surface area (Å²) in [5.41, 5.74) is -1.16. The van der Waals surface area contributed by atoms with Gasteiger partial charge in [-0.1, -0.05) is 36.4 Å². The maximum absolute atomic E-state index is 11.4. The number of halogens is 1. The lowest BCUT2D eigenvalue weighted by atomic mass is 9.92. The van der Waals surface area contributed by atoms with Gasteiger partial charge in [0, 0.05) is 0 Å². The number of carbonyl (C=O) groups is 3. The van der Waals surface area contributed by atoms with Gasteiger partial charge in [0.05, 0.1) is 16.7 Å². The van der Waals surface area contributed by atoms with E-state index in [0.717, 1.165) is 6.07 Å². The van der Waals surface area contributed by atoms with Gasteiger partial charge in [-0.2, -0.15) is 0 Å². The minimum absolute atomic E-state index is 0. The Morgan fingerprint density at radius 3 is 1.68 bits per heavy atom. The number of hydrogen-bond donors (Lipinski definition) is 3. The highest BCUT2D eigenvalue weighted by atomic mass is 35.5. The van der Waals surface area contributed by atoms with Gasteiger partial charge >= 0.3 is 17.9 Å². The Morgan fingerprint density at radius 1 is 0.682 bits per heavy atom. The number of carboxylic acid groups (broad SMARTS) is 3. The van der Waals surface area contributed by atoms with Crippen LogP contribution in [0.3, 0.4) is 0 Å². The average molecular weight is 323 g/mol. The Hall–Kier alpha value is -2.86. The minimum Gasteiger partial charge on any atom is -0.478 e. The maximum Gasteiger partial charge on any atom is 0.337 e. The first-order valence-electron chi connectivity index (χ1n) is 5.85. The van der Waals surface area contributed by atoms with E-state index in [9.17, 15) is 24.6 Å². The van der Waals surface area contributed by atoms with Crippen molar-refractivity contribution in [2.75, 3.05) is 0 Å². The molecule has 2 rings (SSSR count). The van der Waals surface area contributed by atoms with E-state index in [4.69, 9.17) is 5.11 Å². The smallest absolute Gasteiger partial charge is 0.337 e. The van der Waals surface area contributed by atoms with E-state index in [1.807, 2.05) is 0 Å². The first-order chi connectivity index (χ1) is 9.93. The van der Waals surface area contributed by atoms with Crippen molar-refractivity contribution < 1.29 is 29.7 Å². The molecule has 114 valence electrons. The lowest BCUT2D eigenvalue weighted by molar-refractivity contribution is 0.0633. The van der Waals surface area contributed by atoms with Crippen LogP contribution in [0.15, 0.2) is 42.5 Å². The normalized spacial score (nSPS) is 9.64. The molecule has 0 unspecified atom stereocenters. The number of hydrogen-bond acceptors (Lipinski definition) is 3. The molecule has 0 aromatic heterocycles. The fourth-order valence-electron chi connectivity index (χ4n) is 2.08. The third kappa shape index (κ3) is 3.07. The van der Waals surface area contributed by atoms with Gasteiger partial charge in [-0.25, -0.2) is 14.4 Å². The topological polar surface area (TPSA) is 112 Å². The monoisotopic (exact) mass is 322 g/mol. The third-order valence-corrected chi connectivity index (χ3v) is 2.95. The lowest BCUT2D eigenvalue weighted by Crippen LogP contribution is -2.16. The van der Waals surface area contributed by atoms with Crippen LogP contribution in [0, 0.1) is 0 Å².